The van der Waals surface area contributed by atoms with Crippen molar-refractivity contribution >= 4 is 5.96 Å². The van der Waals surface area contributed by atoms with Crippen molar-refractivity contribution in [1.29, 1.82) is 0 Å². The topological polar surface area (TPSA) is 50.8 Å². The van der Waals surface area contributed by atoms with E-state index in [-0.39, 0.29) is 6.04 Å². The van der Waals surface area contributed by atoms with Gasteiger partial charge in [0.2, 0.25) is 0 Å². The standard InChI is InChI=1S/C9H21N3O/c1-5-11-9(10)12(6-2)8(3)7-13-4/h8H,5-7H2,1-4H3,(H2,10,11). The van der Waals surface area contributed by atoms with E-state index < -0.39 is 0 Å². The fraction of sp³-hybridized carbons (Fsp3) is 0.889. The van der Waals surface area contributed by atoms with Crippen molar-refractivity contribution in [2.45, 2.75) is 26.8 Å². The van der Waals surface area contributed by atoms with Crippen LogP contribution < -0.4 is 5.73 Å². The Kier molecular flexibility index (Phi) is 6.32. The molecule has 78 valence electrons. The fourth-order valence-corrected chi connectivity index (χ4v) is 1.28. The third kappa shape index (κ3) is 4.12. The van der Waals surface area contributed by atoms with Crippen molar-refractivity contribution in [3.8, 4) is 0 Å². The number of hydrogen-bond donors (Lipinski definition) is 1. The number of likely N-dealkylation sites (N-methyl/N-ethyl adjacent to an activating group) is 1. The lowest BCUT2D eigenvalue weighted by atomic mass is 10.3. The molecule has 0 saturated heterocycles. The minimum Gasteiger partial charge on any atom is -0.383 e. The molecule has 0 saturated carbocycles. The minimum atomic E-state index is 0.283. The molecule has 1 unspecified atom stereocenters. The fourth-order valence-electron chi connectivity index (χ4n) is 1.28. The molecule has 0 aromatic heterocycles. The second-order valence-corrected chi connectivity index (χ2v) is 2.92. The number of nitrogens with zero attached hydrogens (tertiary/aromatic N) is 2. The van der Waals surface area contributed by atoms with Gasteiger partial charge in [0.15, 0.2) is 5.96 Å². The largest absolute Gasteiger partial charge is 0.383 e. The molecule has 1 atom stereocenters. The van der Waals surface area contributed by atoms with Gasteiger partial charge < -0.3 is 15.4 Å². The highest BCUT2D eigenvalue weighted by Crippen LogP contribution is 1.98. The predicted molar refractivity (Wildman–Crippen MR) is 55.9 cm³/mol. The first-order chi connectivity index (χ1) is 6.17. The Labute approximate surface area is 80.8 Å². The summed E-state index contributed by atoms with van der Waals surface area (Å²) in [6.07, 6.45) is 0. The number of nitrogens with two attached hydrogens (primary N) is 1. The first kappa shape index (κ1) is 12.2. The zero-order valence-corrected chi connectivity index (χ0v) is 9.08. The van der Waals surface area contributed by atoms with Crippen LogP contribution in [0.25, 0.3) is 0 Å². The van der Waals surface area contributed by atoms with Crippen LogP contribution in [0, 0.1) is 0 Å². The Morgan fingerprint density at radius 3 is 2.54 bits per heavy atom. The molecule has 13 heavy (non-hydrogen) atoms. The molecule has 0 rings (SSSR count). The molecule has 0 aliphatic carbocycles. The minimum absolute atomic E-state index is 0.283. The number of ether oxygens (including phenoxy) is 1. The van der Waals surface area contributed by atoms with Crippen LogP contribution >= 0.6 is 0 Å². The number of rotatable bonds is 5. The van der Waals surface area contributed by atoms with Crippen LogP contribution in [0.15, 0.2) is 4.99 Å². The van der Waals surface area contributed by atoms with E-state index in [1.165, 1.54) is 0 Å². The molecule has 0 aliphatic heterocycles. The summed E-state index contributed by atoms with van der Waals surface area (Å²) in [6, 6.07) is 0.283. The Morgan fingerprint density at radius 2 is 2.15 bits per heavy atom. The molecule has 0 bridgehead atoms. The summed E-state index contributed by atoms with van der Waals surface area (Å²) in [5, 5.41) is 0. The van der Waals surface area contributed by atoms with E-state index in [0.717, 1.165) is 13.1 Å². The van der Waals surface area contributed by atoms with Gasteiger partial charge in [-0.2, -0.15) is 0 Å². The Balaban J connectivity index is 4.22. The highest BCUT2D eigenvalue weighted by molar-refractivity contribution is 5.78. The van der Waals surface area contributed by atoms with E-state index in [4.69, 9.17) is 10.5 Å². The van der Waals surface area contributed by atoms with Crippen molar-refractivity contribution in [3.05, 3.63) is 0 Å². The third-order valence-corrected chi connectivity index (χ3v) is 1.89. The van der Waals surface area contributed by atoms with E-state index in [1.807, 2.05) is 11.8 Å². The third-order valence-electron chi connectivity index (χ3n) is 1.89. The summed E-state index contributed by atoms with van der Waals surface area (Å²) in [4.78, 5) is 6.20. The van der Waals surface area contributed by atoms with Gasteiger partial charge in [0.25, 0.3) is 0 Å². The maximum absolute atomic E-state index is 5.79. The highest BCUT2D eigenvalue weighted by atomic mass is 16.5. The second kappa shape index (κ2) is 6.71. The molecule has 0 amide bonds. The number of aliphatic imine (C=N–C) groups is 1. The average molecular weight is 187 g/mol. The average Bonchev–Trinajstić information content (AvgIpc) is 2.06. The molecular weight excluding hydrogens is 166 g/mol. The second-order valence-electron chi connectivity index (χ2n) is 2.92. The van der Waals surface area contributed by atoms with E-state index in [9.17, 15) is 0 Å². The summed E-state index contributed by atoms with van der Waals surface area (Å²) in [7, 11) is 1.69. The molecule has 0 aromatic carbocycles. The van der Waals surface area contributed by atoms with Crippen molar-refractivity contribution in [1.82, 2.24) is 4.90 Å². The summed E-state index contributed by atoms with van der Waals surface area (Å²) >= 11 is 0. The first-order valence-electron chi connectivity index (χ1n) is 4.72. The van der Waals surface area contributed by atoms with Crippen molar-refractivity contribution in [2.75, 3.05) is 26.8 Å². The number of methoxy groups -OCH3 is 1. The summed E-state index contributed by atoms with van der Waals surface area (Å²) in [6.45, 7) is 8.37. The predicted octanol–water partition coefficient (Wildman–Crippen LogP) is 0.678. The summed E-state index contributed by atoms with van der Waals surface area (Å²) in [5.41, 5.74) is 5.79. The number of hydrogen-bond acceptors (Lipinski definition) is 2. The summed E-state index contributed by atoms with van der Waals surface area (Å²) in [5.74, 6) is 0.606. The van der Waals surface area contributed by atoms with Crippen molar-refractivity contribution < 1.29 is 4.74 Å². The molecule has 2 N–H and O–H groups in total. The molecular formula is C9H21N3O. The SMILES string of the molecule is CCN=C(N)N(CC)C(C)COC. The van der Waals surface area contributed by atoms with Gasteiger partial charge in [-0.15, -0.1) is 0 Å². The van der Waals surface area contributed by atoms with E-state index >= 15 is 0 Å². The van der Waals surface area contributed by atoms with Gasteiger partial charge in [-0.1, -0.05) is 0 Å². The van der Waals surface area contributed by atoms with E-state index in [0.29, 0.717) is 12.6 Å². The molecule has 0 heterocycles. The molecule has 0 aromatic rings. The Hall–Kier alpha value is -0.770. The van der Waals surface area contributed by atoms with Gasteiger partial charge in [0, 0.05) is 20.2 Å². The van der Waals surface area contributed by atoms with Crippen LogP contribution in [0.5, 0.6) is 0 Å². The molecule has 4 nitrogen and oxygen atoms in total. The maximum atomic E-state index is 5.79. The molecule has 0 spiro atoms. The van der Waals surface area contributed by atoms with Crippen LogP contribution in [0.2, 0.25) is 0 Å². The molecule has 0 radical (unpaired) electrons. The zero-order chi connectivity index (χ0) is 10.3. The van der Waals surface area contributed by atoms with Crippen LogP contribution in [0.4, 0.5) is 0 Å². The number of guanidine groups is 1. The molecule has 0 aliphatic rings. The van der Waals surface area contributed by atoms with Crippen LogP contribution in [0.1, 0.15) is 20.8 Å². The van der Waals surface area contributed by atoms with E-state index in [1.54, 1.807) is 7.11 Å². The van der Waals surface area contributed by atoms with Gasteiger partial charge in [-0.3, -0.25) is 4.99 Å². The molecule has 0 fully saturated rings. The van der Waals surface area contributed by atoms with Gasteiger partial charge >= 0.3 is 0 Å². The van der Waals surface area contributed by atoms with Crippen LogP contribution in [-0.2, 0) is 4.74 Å². The molecule has 4 heteroatoms. The maximum Gasteiger partial charge on any atom is 0.191 e. The normalized spacial score (nSPS) is 14.3. The van der Waals surface area contributed by atoms with Crippen molar-refractivity contribution in [3.63, 3.8) is 0 Å². The Bertz CT molecular complexity index is 159. The van der Waals surface area contributed by atoms with Crippen LogP contribution in [0.3, 0.4) is 0 Å². The Morgan fingerprint density at radius 1 is 1.54 bits per heavy atom. The smallest absolute Gasteiger partial charge is 0.191 e. The monoisotopic (exact) mass is 187 g/mol. The summed E-state index contributed by atoms with van der Waals surface area (Å²) < 4.78 is 5.06. The lowest BCUT2D eigenvalue weighted by molar-refractivity contribution is 0.137. The highest BCUT2D eigenvalue weighted by Gasteiger charge is 2.12. The lowest BCUT2D eigenvalue weighted by Crippen LogP contribution is -2.45. The van der Waals surface area contributed by atoms with Gasteiger partial charge in [-0.05, 0) is 20.8 Å². The lowest BCUT2D eigenvalue weighted by Gasteiger charge is -2.28. The zero-order valence-electron chi connectivity index (χ0n) is 9.08. The van der Waals surface area contributed by atoms with Gasteiger partial charge in [0.1, 0.15) is 0 Å². The van der Waals surface area contributed by atoms with Gasteiger partial charge in [-0.25, -0.2) is 0 Å². The first-order valence-corrected chi connectivity index (χ1v) is 4.72. The van der Waals surface area contributed by atoms with Gasteiger partial charge in [0.05, 0.1) is 12.6 Å². The van der Waals surface area contributed by atoms with Crippen LogP contribution in [-0.4, -0.2) is 43.7 Å². The van der Waals surface area contributed by atoms with Crippen molar-refractivity contribution in [2.24, 2.45) is 10.7 Å². The quantitative estimate of drug-likeness (QED) is 0.508. The van der Waals surface area contributed by atoms with E-state index in [2.05, 4.69) is 18.8 Å².